The van der Waals surface area contributed by atoms with Crippen LogP contribution in [0.1, 0.15) is 32.4 Å². The van der Waals surface area contributed by atoms with Crippen LogP contribution in [0.5, 0.6) is 11.5 Å². The second-order valence-corrected chi connectivity index (χ2v) is 5.31. The van der Waals surface area contributed by atoms with E-state index in [1.165, 1.54) is 19.2 Å². The van der Waals surface area contributed by atoms with Gasteiger partial charge in [-0.2, -0.15) is 0 Å². The third-order valence-corrected chi connectivity index (χ3v) is 2.47. The van der Waals surface area contributed by atoms with E-state index >= 15 is 0 Å². The summed E-state index contributed by atoms with van der Waals surface area (Å²) in [6.07, 6.45) is -0.633. The Morgan fingerprint density at radius 3 is 2.55 bits per heavy atom. The van der Waals surface area contributed by atoms with Crippen molar-refractivity contribution in [3.63, 3.8) is 0 Å². The molecule has 0 bridgehead atoms. The molecule has 1 amide bonds. The van der Waals surface area contributed by atoms with E-state index in [1.54, 1.807) is 26.8 Å². The number of carbonyl (C=O) groups is 1. The van der Waals surface area contributed by atoms with Crippen LogP contribution < -0.4 is 10.1 Å². The number of phenolic OH excluding ortho intramolecular Hbond substituents is 1. The molecule has 0 fully saturated rings. The van der Waals surface area contributed by atoms with E-state index in [0.717, 1.165) is 0 Å². The highest BCUT2D eigenvalue weighted by atomic mass is 16.6. The number of aliphatic hydroxyl groups is 1. The predicted octanol–water partition coefficient (Wildman–Crippen LogP) is 1.96. The topological polar surface area (TPSA) is 88.0 Å². The first-order valence-electron chi connectivity index (χ1n) is 6.24. The molecule has 0 aromatic heterocycles. The van der Waals surface area contributed by atoms with Crippen LogP contribution in [0, 0.1) is 0 Å². The maximum atomic E-state index is 11.7. The Bertz CT molecular complexity index is 467. The fourth-order valence-electron chi connectivity index (χ4n) is 1.66. The Morgan fingerprint density at radius 1 is 1.40 bits per heavy atom. The first-order chi connectivity index (χ1) is 9.26. The smallest absolute Gasteiger partial charge is 0.408 e. The van der Waals surface area contributed by atoms with Gasteiger partial charge in [-0.15, -0.1) is 0 Å². The lowest BCUT2D eigenvalue weighted by atomic mass is 10.1. The number of phenols is 1. The van der Waals surface area contributed by atoms with Crippen molar-refractivity contribution in [1.82, 2.24) is 5.32 Å². The zero-order chi connectivity index (χ0) is 15.3. The van der Waals surface area contributed by atoms with Gasteiger partial charge >= 0.3 is 6.09 Å². The summed E-state index contributed by atoms with van der Waals surface area (Å²) in [4.78, 5) is 11.7. The van der Waals surface area contributed by atoms with Gasteiger partial charge in [0, 0.05) is 11.6 Å². The van der Waals surface area contributed by atoms with E-state index in [2.05, 4.69) is 5.32 Å². The summed E-state index contributed by atoms with van der Waals surface area (Å²) >= 11 is 0. The molecular formula is C14H21NO5. The second kappa shape index (κ2) is 6.47. The summed E-state index contributed by atoms with van der Waals surface area (Å²) in [5.41, 5.74) is -0.0676. The minimum atomic E-state index is -0.680. The second-order valence-electron chi connectivity index (χ2n) is 5.31. The molecule has 20 heavy (non-hydrogen) atoms. The highest BCUT2D eigenvalue weighted by Crippen LogP contribution is 2.29. The number of hydrogen-bond donors (Lipinski definition) is 3. The van der Waals surface area contributed by atoms with Crippen LogP contribution in [0.4, 0.5) is 4.79 Å². The summed E-state index contributed by atoms with van der Waals surface area (Å²) < 4.78 is 10.3. The lowest BCUT2D eigenvalue weighted by Crippen LogP contribution is -2.36. The molecule has 0 radical (unpaired) electrons. The molecule has 1 atom stereocenters. The quantitative estimate of drug-likeness (QED) is 0.786. The number of ether oxygens (including phenoxy) is 2. The molecule has 1 aromatic carbocycles. The molecule has 1 aromatic rings. The molecule has 0 aliphatic heterocycles. The average molecular weight is 283 g/mol. The zero-order valence-electron chi connectivity index (χ0n) is 12.1. The van der Waals surface area contributed by atoms with Crippen molar-refractivity contribution in [2.75, 3.05) is 13.7 Å². The minimum absolute atomic E-state index is 0.0413. The first kappa shape index (κ1) is 16.1. The SMILES string of the molecule is COc1cc(O)ccc1[C@H](CO)NC(=O)OC(C)(C)C. The van der Waals surface area contributed by atoms with Crippen molar-refractivity contribution in [2.45, 2.75) is 32.4 Å². The third-order valence-electron chi connectivity index (χ3n) is 2.47. The van der Waals surface area contributed by atoms with Crippen LogP contribution in [0.25, 0.3) is 0 Å². The summed E-state index contributed by atoms with van der Waals surface area (Å²) in [6.45, 7) is 4.94. The van der Waals surface area contributed by atoms with Gasteiger partial charge in [0.25, 0.3) is 0 Å². The lowest BCUT2D eigenvalue weighted by molar-refractivity contribution is 0.0481. The van der Waals surface area contributed by atoms with Gasteiger partial charge in [0.1, 0.15) is 17.1 Å². The molecule has 0 saturated heterocycles. The Balaban J connectivity index is 2.89. The minimum Gasteiger partial charge on any atom is -0.508 e. The number of benzene rings is 1. The number of aliphatic hydroxyl groups excluding tert-OH is 1. The molecule has 6 heteroatoms. The van der Waals surface area contributed by atoms with Crippen molar-refractivity contribution in [1.29, 1.82) is 0 Å². The molecule has 0 aliphatic rings. The highest BCUT2D eigenvalue weighted by Gasteiger charge is 2.22. The van der Waals surface area contributed by atoms with E-state index in [-0.39, 0.29) is 12.4 Å². The van der Waals surface area contributed by atoms with Crippen LogP contribution in [0.3, 0.4) is 0 Å². The van der Waals surface area contributed by atoms with Crippen LogP contribution in [0.15, 0.2) is 18.2 Å². The molecule has 3 N–H and O–H groups in total. The number of rotatable bonds is 4. The van der Waals surface area contributed by atoms with Crippen molar-refractivity contribution >= 4 is 6.09 Å². The number of alkyl carbamates (subject to hydrolysis) is 1. The molecule has 6 nitrogen and oxygen atoms in total. The van der Waals surface area contributed by atoms with Crippen molar-refractivity contribution in [3.05, 3.63) is 23.8 Å². The Labute approximate surface area is 118 Å². The fraction of sp³-hybridized carbons (Fsp3) is 0.500. The van der Waals surface area contributed by atoms with Gasteiger partial charge in [-0.05, 0) is 32.9 Å². The van der Waals surface area contributed by atoms with Gasteiger partial charge in [0.2, 0.25) is 0 Å². The molecular weight excluding hydrogens is 262 g/mol. The molecule has 0 heterocycles. The van der Waals surface area contributed by atoms with Crippen LogP contribution in [-0.2, 0) is 4.74 Å². The van der Waals surface area contributed by atoms with Crippen LogP contribution in [-0.4, -0.2) is 35.6 Å². The number of nitrogens with one attached hydrogen (secondary N) is 1. The number of carbonyl (C=O) groups excluding carboxylic acids is 1. The maximum absolute atomic E-state index is 11.7. The number of hydrogen-bond acceptors (Lipinski definition) is 5. The standard InChI is InChI=1S/C14H21NO5/c1-14(2,3)20-13(18)15-11(8-16)10-6-5-9(17)7-12(10)19-4/h5-7,11,16-17H,8H2,1-4H3,(H,15,18)/t11-/m0/s1. The molecule has 1 rings (SSSR count). The highest BCUT2D eigenvalue weighted by molar-refractivity contribution is 5.68. The summed E-state index contributed by atoms with van der Waals surface area (Å²) in [5.74, 6) is 0.416. The van der Waals surface area contributed by atoms with Gasteiger partial charge in [-0.1, -0.05) is 0 Å². The predicted molar refractivity (Wildman–Crippen MR) is 73.9 cm³/mol. The van der Waals surface area contributed by atoms with Crippen molar-refractivity contribution < 1.29 is 24.5 Å². The Hall–Kier alpha value is -1.95. The van der Waals surface area contributed by atoms with E-state index in [0.29, 0.717) is 11.3 Å². The number of aromatic hydroxyl groups is 1. The van der Waals surface area contributed by atoms with Gasteiger partial charge in [-0.3, -0.25) is 0 Å². The van der Waals surface area contributed by atoms with Crippen LogP contribution in [0.2, 0.25) is 0 Å². The van der Waals surface area contributed by atoms with Crippen molar-refractivity contribution in [2.24, 2.45) is 0 Å². The third kappa shape index (κ3) is 4.62. The Morgan fingerprint density at radius 2 is 2.05 bits per heavy atom. The summed E-state index contributed by atoms with van der Waals surface area (Å²) in [5, 5.41) is 21.4. The molecule has 0 unspecified atom stereocenters. The number of amides is 1. The fourth-order valence-corrected chi connectivity index (χ4v) is 1.66. The number of methoxy groups -OCH3 is 1. The molecule has 0 aliphatic carbocycles. The molecule has 112 valence electrons. The molecule has 0 spiro atoms. The van der Waals surface area contributed by atoms with E-state index < -0.39 is 17.7 Å². The van der Waals surface area contributed by atoms with Gasteiger partial charge < -0.3 is 25.0 Å². The Kier molecular flexibility index (Phi) is 5.21. The van der Waals surface area contributed by atoms with Crippen LogP contribution >= 0.6 is 0 Å². The molecule has 0 saturated carbocycles. The summed E-state index contributed by atoms with van der Waals surface area (Å²) in [7, 11) is 1.44. The van der Waals surface area contributed by atoms with Gasteiger partial charge in [0.15, 0.2) is 0 Å². The van der Waals surface area contributed by atoms with E-state index in [9.17, 15) is 15.0 Å². The van der Waals surface area contributed by atoms with Gasteiger partial charge in [0.05, 0.1) is 19.8 Å². The van der Waals surface area contributed by atoms with Crippen molar-refractivity contribution in [3.8, 4) is 11.5 Å². The zero-order valence-corrected chi connectivity index (χ0v) is 12.1. The van der Waals surface area contributed by atoms with E-state index in [1.807, 2.05) is 0 Å². The average Bonchev–Trinajstić information content (AvgIpc) is 2.34. The van der Waals surface area contributed by atoms with E-state index in [4.69, 9.17) is 9.47 Å². The maximum Gasteiger partial charge on any atom is 0.408 e. The lowest BCUT2D eigenvalue weighted by Gasteiger charge is -2.23. The first-order valence-corrected chi connectivity index (χ1v) is 6.24. The summed E-state index contributed by atoms with van der Waals surface area (Å²) in [6, 6.07) is 3.76. The monoisotopic (exact) mass is 283 g/mol. The largest absolute Gasteiger partial charge is 0.508 e. The van der Waals surface area contributed by atoms with Gasteiger partial charge in [-0.25, -0.2) is 4.79 Å². The normalized spacial score (nSPS) is 12.7.